The van der Waals surface area contributed by atoms with E-state index < -0.39 is 0 Å². The van der Waals surface area contributed by atoms with E-state index in [1.54, 1.807) is 0 Å². The molecular weight excluding hydrogens is 390 g/mol. The molecule has 2 saturated carbocycles. The molecule has 0 heterocycles. The number of fused-ring (bicyclic) bond motifs is 5. The lowest BCUT2D eigenvalue weighted by atomic mass is 9.55. The van der Waals surface area contributed by atoms with Gasteiger partial charge in [-0.05, 0) is 79.5 Å². The minimum Gasteiger partial charge on any atom is -0.427 e. The number of amides is 1. The molecule has 168 valence electrons. The lowest BCUT2D eigenvalue weighted by molar-refractivity contribution is -0.136. The lowest BCUT2D eigenvalue weighted by Gasteiger charge is -2.48. The molecule has 1 amide bonds. The molecule has 0 radical (unpaired) electrons. The Balaban J connectivity index is 1.36. The second-order valence-electron chi connectivity index (χ2n) is 9.87. The number of carbonyl (C=O) groups is 3. The van der Waals surface area contributed by atoms with Crippen molar-refractivity contribution in [3.8, 4) is 5.75 Å². The standard InChI is InChI=1S/C26H35NO4/c1-3-4-15-27-24(29)11-12-25(30)31-18-6-8-19-17(16-18)5-7-21-20(19)13-14-26(2)22(21)9-10-23(26)28/h6,8,16,20-22H,3-5,7,9-15H2,1-2H3,(H,27,29). The number of benzene rings is 1. The zero-order chi connectivity index (χ0) is 22.0. The number of rotatable bonds is 7. The Morgan fingerprint density at radius 1 is 1.16 bits per heavy atom. The van der Waals surface area contributed by atoms with Crippen LogP contribution in [-0.4, -0.2) is 24.2 Å². The van der Waals surface area contributed by atoms with E-state index in [2.05, 4.69) is 25.2 Å². The van der Waals surface area contributed by atoms with Crippen LogP contribution in [0.4, 0.5) is 0 Å². The highest BCUT2D eigenvalue weighted by atomic mass is 16.5. The van der Waals surface area contributed by atoms with Crippen LogP contribution < -0.4 is 10.1 Å². The summed E-state index contributed by atoms with van der Waals surface area (Å²) in [6.45, 7) is 4.93. The first-order chi connectivity index (χ1) is 14.9. The van der Waals surface area contributed by atoms with Gasteiger partial charge in [0, 0.05) is 24.8 Å². The van der Waals surface area contributed by atoms with E-state index in [-0.39, 0.29) is 30.1 Å². The Labute approximate surface area is 185 Å². The van der Waals surface area contributed by atoms with Crippen molar-refractivity contribution in [2.75, 3.05) is 6.54 Å². The van der Waals surface area contributed by atoms with Crippen molar-refractivity contribution in [2.45, 2.75) is 84.0 Å². The van der Waals surface area contributed by atoms with Gasteiger partial charge in [0.2, 0.25) is 5.91 Å². The Bertz CT molecular complexity index is 863. The summed E-state index contributed by atoms with van der Waals surface area (Å²) in [5.41, 5.74) is 2.56. The molecule has 0 aromatic heterocycles. The number of Topliss-reactive ketones (excluding diaryl/α,β-unsaturated/α-hetero) is 1. The number of ketones is 1. The first kappa shape index (κ1) is 22.0. The molecule has 31 heavy (non-hydrogen) atoms. The molecule has 3 aliphatic rings. The third kappa shape index (κ3) is 4.42. The maximum absolute atomic E-state index is 12.5. The molecule has 4 rings (SSSR count). The number of unbranched alkanes of at least 4 members (excludes halogenated alkanes) is 1. The SMILES string of the molecule is CCCCNC(=O)CCC(=O)Oc1ccc2c(c1)CCC1C2CCC2(C)C(=O)CCC12. The number of hydrogen-bond acceptors (Lipinski definition) is 4. The number of hydrogen-bond donors (Lipinski definition) is 1. The van der Waals surface area contributed by atoms with Crippen LogP contribution in [0.15, 0.2) is 18.2 Å². The summed E-state index contributed by atoms with van der Waals surface area (Å²) in [6.07, 6.45) is 8.18. The Morgan fingerprint density at radius 3 is 2.81 bits per heavy atom. The van der Waals surface area contributed by atoms with Crippen molar-refractivity contribution in [1.82, 2.24) is 5.32 Å². The Morgan fingerprint density at radius 2 is 2.00 bits per heavy atom. The second-order valence-corrected chi connectivity index (χ2v) is 9.87. The second kappa shape index (κ2) is 9.13. The average molecular weight is 426 g/mol. The van der Waals surface area contributed by atoms with Crippen molar-refractivity contribution in [3.63, 3.8) is 0 Å². The van der Waals surface area contributed by atoms with Crippen LogP contribution in [0.1, 0.15) is 88.7 Å². The summed E-state index contributed by atoms with van der Waals surface area (Å²) < 4.78 is 5.53. The average Bonchev–Trinajstić information content (AvgIpc) is 3.07. The van der Waals surface area contributed by atoms with Crippen molar-refractivity contribution >= 4 is 17.7 Å². The highest BCUT2D eigenvalue weighted by molar-refractivity contribution is 5.87. The van der Waals surface area contributed by atoms with Gasteiger partial charge in [0.15, 0.2) is 0 Å². The summed E-state index contributed by atoms with van der Waals surface area (Å²) in [5, 5.41) is 2.82. The molecule has 5 nitrogen and oxygen atoms in total. The zero-order valence-electron chi connectivity index (χ0n) is 18.9. The molecule has 1 N–H and O–H groups in total. The van der Waals surface area contributed by atoms with E-state index in [9.17, 15) is 14.4 Å². The van der Waals surface area contributed by atoms with Gasteiger partial charge in [0.25, 0.3) is 0 Å². The summed E-state index contributed by atoms with van der Waals surface area (Å²) >= 11 is 0. The molecular formula is C26H35NO4. The highest BCUT2D eigenvalue weighted by Crippen LogP contribution is 2.59. The fraction of sp³-hybridized carbons (Fsp3) is 0.654. The topological polar surface area (TPSA) is 72.5 Å². The van der Waals surface area contributed by atoms with Crippen LogP contribution in [0.25, 0.3) is 0 Å². The van der Waals surface area contributed by atoms with E-state index in [0.717, 1.165) is 51.4 Å². The van der Waals surface area contributed by atoms with Gasteiger partial charge in [0.1, 0.15) is 11.5 Å². The first-order valence-electron chi connectivity index (χ1n) is 12.1. The summed E-state index contributed by atoms with van der Waals surface area (Å²) in [5.74, 6) is 2.22. The van der Waals surface area contributed by atoms with Gasteiger partial charge in [-0.3, -0.25) is 14.4 Å². The van der Waals surface area contributed by atoms with Gasteiger partial charge < -0.3 is 10.1 Å². The molecule has 0 saturated heterocycles. The number of ether oxygens (including phenoxy) is 1. The van der Waals surface area contributed by atoms with Gasteiger partial charge in [0.05, 0.1) is 6.42 Å². The predicted octanol–water partition coefficient (Wildman–Crippen LogP) is 4.71. The molecule has 5 heteroatoms. The van der Waals surface area contributed by atoms with Gasteiger partial charge in [-0.25, -0.2) is 0 Å². The van der Waals surface area contributed by atoms with Crippen LogP contribution in [0.3, 0.4) is 0 Å². The van der Waals surface area contributed by atoms with Crippen LogP contribution in [0, 0.1) is 17.3 Å². The Kier molecular flexibility index (Phi) is 6.49. The smallest absolute Gasteiger partial charge is 0.311 e. The maximum atomic E-state index is 12.5. The third-order valence-electron chi connectivity index (χ3n) is 8.05. The maximum Gasteiger partial charge on any atom is 0.311 e. The molecule has 2 fully saturated rings. The molecule has 0 bridgehead atoms. The number of nitrogens with one attached hydrogen (secondary N) is 1. The van der Waals surface area contributed by atoms with Crippen molar-refractivity contribution in [3.05, 3.63) is 29.3 Å². The molecule has 1 aromatic rings. The van der Waals surface area contributed by atoms with Crippen molar-refractivity contribution in [2.24, 2.45) is 17.3 Å². The van der Waals surface area contributed by atoms with E-state index in [1.807, 2.05) is 12.1 Å². The van der Waals surface area contributed by atoms with E-state index in [1.165, 1.54) is 11.1 Å². The molecule has 1 aromatic carbocycles. The monoisotopic (exact) mass is 425 g/mol. The predicted molar refractivity (Wildman–Crippen MR) is 119 cm³/mol. The zero-order valence-corrected chi connectivity index (χ0v) is 18.9. The van der Waals surface area contributed by atoms with Crippen molar-refractivity contribution < 1.29 is 19.1 Å². The summed E-state index contributed by atoms with van der Waals surface area (Å²) in [4.78, 5) is 36.5. The van der Waals surface area contributed by atoms with Crippen molar-refractivity contribution in [1.29, 1.82) is 0 Å². The minimum absolute atomic E-state index is 0.0913. The summed E-state index contributed by atoms with van der Waals surface area (Å²) in [7, 11) is 0. The van der Waals surface area contributed by atoms with E-state index in [4.69, 9.17) is 4.74 Å². The fourth-order valence-electron chi connectivity index (χ4n) is 6.28. The van der Waals surface area contributed by atoms with Gasteiger partial charge in [-0.2, -0.15) is 0 Å². The van der Waals surface area contributed by atoms with Crippen LogP contribution in [0.5, 0.6) is 5.75 Å². The molecule has 4 unspecified atom stereocenters. The van der Waals surface area contributed by atoms with E-state index in [0.29, 0.717) is 35.8 Å². The molecule has 3 aliphatic carbocycles. The largest absolute Gasteiger partial charge is 0.427 e. The fourth-order valence-corrected chi connectivity index (χ4v) is 6.28. The van der Waals surface area contributed by atoms with Crippen LogP contribution in [-0.2, 0) is 20.8 Å². The molecule has 4 atom stereocenters. The number of aryl methyl sites for hydroxylation is 1. The quantitative estimate of drug-likeness (QED) is 0.390. The molecule has 0 aliphatic heterocycles. The first-order valence-corrected chi connectivity index (χ1v) is 12.1. The third-order valence-corrected chi connectivity index (χ3v) is 8.05. The normalized spacial score (nSPS) is 29.0. The highest BCUT2D eigenvalue weighted by Gasteiger charge is 2.54. The minimum atomic E-state index is -0.364. The number of carbonyl (C=O) groups excluding carboxylic acids is 3. The van der Waals surface area contributed by atoms with Crippen LogP contribution >= 0.6 is 0 Å². The van der Waals surface area contributed by atoms with E-state index >= 15 is 0 Å². The Hall–Kier alpha value is -2.17. The number of esters is 1. The van der Waals surface area contributed by atoms with Gasteiger partial charge in [-0.1, -0.05) is 26.3 Å². The summed E-state index contributed by atoms with van der Waals surface area (Å²) in [6, 6.07) is 6.04. The lowest BCUT2D eigenvalue weighted by Crippen LogP contribution is -2.42. The van der Waals surface area contributed by atoms with Crippen LogP contribution in [0.2, 0.25) is 0 Å². The molecule has 0 spiro atoms. The van der Waals surface area contributed by atoms with Gasteiger partial charge >= 0.3 is 5.97 Å². The van der Waals surface area contributed by atoms with Gasteiger partial charge in [-0.15, -0.1) is 0 Å².